The quantitative estimate of drug-likeness (QED) is 0.684. The Labute approximate surface area is 151 Å². The Hall–Kier alpha value is -3.15. The first kappa shape index (κ1) is 17.7. The molecule has 1 aromatic heterocycles. The van der Waals surface area contributed by atoms with Gasteiger partial charge in [0.05, 0.1) is 6.54 Å². The van der Waals surface area contributed by atoms with Crippen molar-refractivity contribution in [1.82, 2.24) is 10.1 Å². The molecule has 2 amide bonds. The van der Waals surface area contributed by atoms with Crippen LogP contribution in [0.3, 0.4) is 0 Å². The first-order chi connectivity index (χ1) is 12.7. The molecule has 3 aromatic rings. The number of halogens is 1. The number of amides is 2. The van der Waals surface area contributed by atoms with Crippen LogP contribution in [0.25, 0.3) is 11.3 Å². The molecule has 0 aliphatic carbocycles. The van der Waals surface area contributed by atoms with E-state index in [-0.39, 0.29) is 11.8 Å². The molecule has 0 fully saturated rings. The lowest BCUT2D eigenvalue weighted by atomic mass is 10.1. The maximum absolute atomic E-state index is 13.0. The Kier molecular flexibility index (Phi) is 5.63. The summed E-state index contributed by atoms with van der Waals surface area (Å²) in [5.41, 5.74) is 2.12. The van der Waals surface area contributed by atoms with Crippen molar-refractivity contribution in [1.29, 1.82) is 0 Å². The highest BCUT2D eigenvalue weighted by molar-refractivity contribution is 5.89. The Morgan fingerprint density at radius 3 is 2.58 bits per heavy atom. The predicted molar refractivity (Wildman–Crippen MR) is 98.1 cm³/mol. The molecular formula is C20H20FN3O2. The van der Waals surface area contributed by atoms with Gasteiger partial charge >= 0.3 is 6.03 Å². The molecule has 0 radical (unpaired) electrons. The minimum Gasteiger partial charge on any atom is -0.356 e. The third-order valence-electron chi connectivity index (χ3n) is 3.85. The van der Waals surface area contributed by atoms with E-state index in [1.54, 1.807) is 23.1 Å². The number of urea groups is 1. The monoisotopic (exact) mass is 353 g/mol. The van der Waals surface area contributed by atoms with Gasteiger partial charge < -0.3 is 14.7 Å². The zero-order chi connectivity index (χ0) is 18.4. The van der Waals surface area contributed by atoms with Gasteiger partial charge in [0.15, 0.2) is 5.76 Å². The number of hydrogen-bond donors (Lipinski definition) is 1. The van der Waals surface area contributed by atoms with E-state index in [1.165, 1.54) is 12.1 Å². The highest BCUT2D eigenvalue weighted by Crippen LogP contribution is 2.21. The molecule has 2 aromatic carbocycles. The number of nitrogens with zero attached hydrogens (tertiary/aromatic N) is 2. The molecular weight excluding hydrogens is 333 g/mol. The molecule has 0 aliphatic heterocycles. The van der Waals surface area contributed by atoms with Crippen LogP contribution in [0.5, 0.6) is 0 Å². The summed E-state index contributed by atoms with van der Waals surface area (Å²) in [6.45, 7) is 2.93. The van der Waals surface area contributed by atoms with Gasteiger partial charge in [0, 0.05) is 23.9 Å². The summed E-state index contributed by atoms with van der Waals surface area (Å²) in [7, 11) is 0. The Balaban J connectivity index is 1.70. The van der Waals surface area contributed by atoms with Crippen molar-refractivity contribution in [2.24, 2.45) is 0 Å². The van der Waals surface area contributed by atoms with Crippen LogP contribution in [0.2, 0.25) is 0 Å². The van der Waals surface area contributed by atoms with E-state index in [0.717, 1.165) is 17.7 Å². The standard InChI is InChI=1S/C20H20FN3O2/c1-2-12-24(20(25)22-17-6-4-3-5-7-17)14-18-13-19(26-23-18)15-8-10-16(21)11-9-15/h3-11,13H,2,12,14H2,1H3,(H,22,25). The van der Waals surface area contributed by atoms with Crippen molar-refractivity contribution in [2.75, 3.05) is 11.9 Å². The SMILES string of the molecule is CCCN(Cc1cc(-c2ccc(F)cc2)on1)C(=O)Nc1ccccc1. The maximum atomic E-state index is 13.0. The van der Waals surface area contributed by atoms with Crippen LogP contribution in [-0.4, -0.2) is 22.6 Å². The van der Waals surface area contributed by atoms with Crippen molar-refractivity contribution in [3.05, 3.63) is 72.2 Å². The topological polar surface area (TPSA) is 58.4 Å². The van der Waals surface area contributed by atoms with Crippen molar-refractivity contribution in [3.8, 4) is 11.3 Å². The lowest BCUT2D eigenvalue weighted by Crippen LogP contribution is -2.35. The molecule has 0 atom stereocenters. The molecule has 134 valence electrons. The van der Waals surface area contributed by atoms with Crippen molar-refractivity contribution in [3.63, 3.8) is 0 Å². The zero-order valence-corrected chi connectivity index (χ0v) is 14.5. The average Bonchev–Trinajstić information content (AvgIpc) is 3.11. The molecule has 1 heterocycles. The van der Waals surface area contributed by atoms with Crippen LogP contribution in [0.15, 0.2) is 65.2 Å². The number of para-hydroxylation sites is 1. The number of hydrogen-bond acceptors (Lipinski definition) is 3. The highest BCUT2D eigenvalue weighted by Gasteiger charge is 2.16. The Morgan fingerprint density at radius 1 is 1.15 bits per heavy atom. The lowest BCUT2D eigenvalue weighted by Gasteiger charge is -2.21. The Morgan fingerprint density at radius 2 is 1.88 bits per heavy atom. The minimum absolute atomic E-state index is 0.190. The van der Waals surface area contributed by atoms with Crippen LogP contribution in [0.1, 0.15) is 19.0 Å². The van der Waals surface area contributed by atoms with Crippen molar-refractivity contribution < 1.29 is 13.7 Å². The number of carbonyl (C=O) groups excluding carboxylic acids is 1. The largest absolute Gasteiger partial charge is 0.356 e. The van der Waals surface area contributed by atoms with Crippen LogP contribution in [0.4, 0.5) is 14.9 Å². The van der Waals surface area contributed by atoms with E-state index < -0.39 is 0 Å². The van der Waals surface area contributed by atoms with Gasteiger partial charge in [0.25, 0.3) is 0 Å². The highest BCUT2D eigenvalue weighted by atomic mass is 19.1. The van der Waals surface area contributed by atoms with E-state index >= 15 is 0 Å². The van der Waals surface area contributed by atoms with Gasteiger partial charge in [-0.1, -0.05) is 30.3 Å². The summed E-state index contributed by atoms with van der Waals surface area (Å²) in [4.78, 5) is 14.2. The second kappa shape index (κ2) is 8.29. The molecule has 0 spiro atoms. The van der Waals surface area contributed by atoms with Crippen LogP contribution in [0, 0.1) is 5.82 Å². The first-order valence-electron chi connectivity index (χ1n) is 8.48. The fourth-order valence-electron chi connectivity index (χ4n) is 2.58. The summed E-state index contributed by atoms with van der Waals surface area (Å²) >= 11 is 0. The smallest absolute Gasteiger partial charge is 0.322 e. The lowest BCUT2D eigenvalue weighted by molar-refractivity contribution is 0.207. The summed E-state index contributed by atoms with van der Waals surface area (Å²) in [5, 5.41) is 6.91. The van der Waals surface area contributed by atoms with Crippen molar-refractivity contribution in [2.45, 2.75) is 19.9 Å². The number of aromatic nitrogens is 1. The van der Waals surface area contributed by atoms with Gasteiger partial charge in [-0.25, -0.2) is 9.18 Å². The minimum atomic E-state index is -0.305. The molecule has 26 heavy (non-hydrogen) atoms. The number of carbonyl (C=O) groups is 1. The van der Waals surface area contributed by atoms with E-state index in [9.17, 15) is 9.18 Å². The second-order valence-electron chi connectivity index (χ2n) is 5.91. The van der Waals surface area contributed by atoms with Gasteiger partial charge in [0.1, 0.15) is 11.5 Å². The number of anilines is 1. The van der Waals surface area contributed by atoms with Gasteiger partial charge in [0.2, 0.25) is 0 Å². The molecule has 3 rings (SSSR count). The van der Waals surface area contributed by atoms with E-state index in [0.29, 0.717) is 24.5 Å². The predicted octanol–water partition coefficient (Wildman–Crippen LogP) is 4.92. The molecule has 1 N–H and O–H groups in total. The third-order valence-corrected chi connectivity index (χ3v) is 3.85. The average molecular weight is 353 g/mol. The Bertz CT molecular complexity index is 847. The molecule has 0 saturated carbocycles. The van der Waals surface area contributed by atoms with Gasteiger partial charge in [-0.2, -0.15) is 0 Å². The molecule has 0 unspecified atom stereocenters. The fourth-order valence-corrected chi connectivity index (χ4v) is 2.58. The van der Waals surface area contributed by atoms with Gasteiger partial charge in [-0.05, 0) is 42.8 Å². The van der Waals surface area contributed by atoms with E-state index in [1.807, 2.05) is 37.3 Å². The normalized spacial score (nSPS) is 10.5. The summed E-state index contributed by atoms with van der Waals surface area (Å²) in [5.74, 6) is 0.236. The molecule has 6 heteroatoms. The van der Waals surface area contributed by atoms with Crippen LogP contribution < -0.4 is 5.32 Å². The van der Waals surface area contributed by atoms with Crippen molar-refractivity contribution >= 4 is 11.7 Å². The number of benzene rings is 2. The molecule has 0 aliphatic rings. The van der Waals surface area contributed by atoms with Crippen LogP contribution in [-0.2, 0) is 6.54 Å². The van der Waals surface area contributed by atoms with E-state index in [4.69, 9.17) is 4.52 Å². The van der Waals surface area contributed by atoms with Gasteiger partial charge in [-0.3, -0.25) is 0 Å². The second-order valence-corrected chi connectivity index (χ2v) is 5.91. The number of rotatable bonds is 6. The molecule has 0 saturated heterocycles. The first-order valence-corrected chi connectivity index (χ1v) is 8.48. The summed E-state index contributed by atoms with van der Waals surface area (Å²) < 4.78 is 18.4. The zero-order valence-electron chi connectivity index (χ0n) is 14.5. The summed E-state index contributed by atoms with van der Waals surface area (Å²) in [6, 6.07) is 16.9. The number of nitrogens with one attached hydrogen (secondary N) is 1. The van der Waals surface area contributed by atoms with Crippen LogP contribution >= 0.6 is 0 Å². The third kappa shape index (κ3) is 4.47. The van der Waals surface area contributed by atoms with E-state index in [2.05, 4.69) is 10.5 Å². The summed E-state index contributed by atoms with van der Waals surface area (Å²) in [6.07, 6.45) is 0.824. The molecule has 5 nitrogen and oxygen atoms in total. The fraction of sp³-hybridized carbons (Fsp3) is 0.200. The maximum Gasteiger partial charge on any atom is 0.322 e. The van der Waals surface area contributed by atoms with Gasteiger partial charge in [-0.15, -0.1) is 0 Å². The molecule has 0 bridgehead atoms.